The molecule has 1 aliphatic rings. The lowest BCUT2D eigenvalue weighted by Crippen LogP contribution is -2.40. The summed E-state index contributed by atoms with van der Waals surface area (Å²) in [5.74, 6) is 0. The van der Waals surface area contributed by atoms with Gasteiger partial charge in [-0.25, -0.2) is 0 Å². The van der Waals surface area contributed by atoms with E-state index < -0.39 is 0 Å². The van der Waals surface area contributed by atoms with Crippen molar-refractivity contribution in [1.29, 1.82) is 0 Å². The Kier molecular flexibility index (Phi) is 3.29. The Morgan fingerprint density at radius 1 is 1.13 bits per heavy atom. The van der Waals surface area contributed by atoms with Gasteiger partial charge < -0.3 is 5.32 Å². The molecule has 1 saturated heterocycles. The third kappa shape index (κ3) is 3.02. The zero-order valence-electron chi connectivity index (χ0n) is 8.98. The molecule has 80 valence electrons. The Morgan fingerprint density at radius 3 is 2.47 bits per heavy atom. The van der Waals surface area contributed by atoms with Crippen LogP contribution in [0.15, 0.2) is 34.6 Å². The average molecular weight is 204 g/mol. The average Bonchev–Trinajstić information content (AvgIpc) is 2.30. The van der Waals surface area contributed by atoms with E-state index >= 15 is 0 Å². The Bertz CT molecular complexity index is 325. The van der Waals surface area contributed by atoms with Gasteiger partial charge in [-0.1, -0.05) is 22.9 Å². The summed E-state index contributed by atoms with van der Waals surface area (Å²) in [4.78, 5) is 0. The molecule has 0 bridgehead atoms. The summed E-state index contributed by atoms with van der Waals surface area (Å²) in [6, 6.07) is 8.07. The zero-order chi connectivity index (χ0) is 10.5. The van der Waals surface area contributed by atoms with E-state index in [1.165, 1.54) is 5.56 Å². The third-order valence-corrected chi connectivity index (χ3v) is 2.41. The van der Waals surface area contributed by atoms with Crippen LogP contribution in [0.1, 0.15) is 5.56 Å². The van der Waals surface area contributed by atoms with Crippen LogP contribution < -0.4 is 5.32 Å². The first-order valence-electron chi connectivity index (χ1n) is 5.28. The molecule has 0 aliphatic carbocycles. The summed E-state index contributed by atoms with van der Waals surface area (Å²) < 4.78 is 0. The Labute approximate surface area is 90.0 Å². The molecule has 1 aliphatic heterocycles. The molecular weight excluding hydrogens is 188 g/mol. The first-order chi connectivity index (χ1) is 7.34. The van der Waals surface area contributed by atoms with Gasteiger partial charge in [-0.15, -0.1) is 5.11 Å². The second-order valence-corrected chi connectivity index (χ2v) is 3.73. The van der Waals surface area contributed by atoms with Crippen LogP contribution in [0.2, 0.25) is 0 Å². The molecule has 1 heterocycles. The first-order valence-corrected chi connectivity index (χ1v) is 5.28. The number of aryl methyl sites for hydroxylation is 1. The summed E-state index contributed by atoms with van der Waals surface area (Å²) in [6.45, 7) is 5.93. The van der Waals surface area contributed by atoms with E-state index in [1.54, 1.807) is 0 Å². The van der Waals surface area contributed by atoms with E-state index in [9.17, 15) is 0 Å². The molecule has 0 aromatic heterocycles. The topological polar surface area (TPSA) is 40.0 Å². The van der Waals surface area contributed by atoms with Gasteiger partial charge in [-0.2, -0.15) is 0 Å². The van der Waals surface area contributed by atoms with E-state index in [2.05, 4.69) is 22.6 Å². The third-order valence-electron chi connectivity index (χ3n) is 2.41. The molecule has 1 aromatic rings. The molecule has 0 saturated carbocycles. The van der Waals surface area contributed by atoms with E-state index in [0.717, 1.165) is 31.9 Å². The van der Waals surface area contributed by atoms with Crippen LogP contribution in [-0.2, 0) is 0 Å². The van der Waals surface area contributed by atoms with Crippen LogP contribution in [0.25, 0.3) is 0 Å². The molecule has 2 rings (SSSR count). The van der Waals surface area contributed by atoms with Crippen LogP contribution >= 0.6 is 0 Å². The Hall–Kier alpha value is -1.42. The molecule has 0 amide bonds. The standard InChI is InChI=1S/C11H16N4/c1-10-2-4-11(5-3-10)13-14-15-8-6-12-7-9-15/h2-5,12H,6-9H2,1H3. The van der Waals surface area contributed by atoms with Crippen LogP contribution in [-0.4, -0.2) is 31.2 Å². The minimum Gasteiger partial charge on any atom is -0.313 e. The molecule has 0 unspecified atom stereocenters. The monoisotopic (exact) mass is 204 g/mol. The van der Waals surface area contributed by atoms with E-state index in [0.29, 0.717) is 0 Å². The van der Waals surface area contributed by atoms with Crippen LogP contribution in [0.4, 0.5) is 5.69 Å². The molecule has 1 N–H and O–H groups in total. The smallest absolute Gasteiger partial charge is 0.0874 e. The van der Waals surface area contributed by atoms with Crippen molar-refractivity contribution < 1.29 is 0 Å². The fourth-order valence-corrected chi connectivity index (χ4v) is 1.47. The van der Waals surface area contributed by atoms with Crippen LogP contribution in [0, 0.1) is 6.92 Å². The maximum Gasteiger partial charge on any atom is 0.0874 e. The van der Waals surface area contributed by atoms with Crippen molar-refractivity contribution >= 4 is 5.69 Å². The van der Waals surface area contributed by atoms with Crippen molar-refractivity contribution in [2.45, 2.75) is 6.92 Å². The highest BCUT2D eigenvalue weighted by molar-refractivity contribution is 5.37. The maximum absolute atomic E-state index is 4.20. The summed E-state index contributed by atoms with van der Waals surface area (Å²) in [7, 11) is 0. The summed E-state index contributed by atoms with van der Waals surface area (Å²) in [6.07, 6.45) is 0. The van der Waals surface area contributed by atoms with Crippen LogP contribution in [0.5, 0.6) is 0 Å². The number of hydrogen-bond donors (Lipinski definition) is 1. The largest absolute Gasteiger partial charge is 0.313 e. The van der Waals surface area contributed by atoms with Gasteiger partial charge in [0, 0.05) is 13.1 Å². The lowest BCUT2D eigenvalue weighted by atomic mass is 10.2. The molecule has 15 heavy (non-hydrogen) atoms. The quantitative estimate of drug-likeness (QED) is 0.747. The minimum absolute atomic E-state index is 0.916. The Balaban J connectivity index is 1.95. The van der Waals surface area contributed by atoms with Gasteiger partial charge >= 0.3 is 0 Å². The second-order valence-electron chi connectivity index (χ2n) is 3.73. The van der Waals surface area contributed by atoms with Gasteiger partial charge in [0.25, 0.3) is 0 Å². The maximum atomic E-state index is 4.20. The molecule has 0 radical (unpaired) electrons. The van der Waals surface area contributed by atoms with Crippen molar-refractivity contribution in [3.63, 3.8) is 0 Å². The number of nitrogens with one attached hydrogen (secondary N) is 1. The summed E-state index contributed by atoms with van der Waals surface area (Å²) >= 11 is 0. The van der Waals surface area contributed by atoms with Gasteiger partial charge in [-0.05, 0) is 19.1 Å². The zero-order valence-corrected chi connectivity index (χ0v) is 8.98. The fraction of sp³-hybridized carbons (Fsp3) is 0.455. The number of piperazine rings is 1. The molecule has 4 heteroatoms. The number of benzene rings is 1. The van der Waals surface area contributed by atoms with Gasteiger partial charge in [0.15, 0.2) is 0 Å². The normalized spacial score (nSPS) is 17.3. The molecule has 0 atom stereocenters. The van der Waals surface area contributed by atoms with E-state index in [1.807, 2.05) is 29.3 Å². The second kappa shape index (κ2) is 4.89. The molecule has 1 fully saturated rings. The van der Waals surface area contributed by atoms with Crippen molar-refractivity contribution in [1.82, 2.24) is 10.3 Å². The number of hydrogen-bond acceptors (Lipinski definition) is 3. The fourth-order valence-electron chi connectivity index (χ4n) is 1.47. The summed E-state index contributed by atoms with van der Waals surface area (Å²) in [5.41, 5.74) is 2.16. The van der Waals surface area contributed by atoms with E-state index in [-0.39, 0.29) is 0 Å². The minimum atomic E-state index is 0.916. The highest BCUT2D eigenvalue weighted by atomic mass is 15.5. The lowest BCUT2D eigenvalue weighted by Gasteiger charge is -2.22. The number of nitrogens with zero attached hydrogens (tertiary/aromatic N) is 3. The highest BCUT2D eigenvalue weighted by Crippen LogP contribution is 2.13. The SMILES string of the molecule is Cc1ccc(N=NN2CCNCC2)cc1. The van der Waals surface area contributed by atoms with Gasteiger partial charge in [0.1, 0.15) is 0 Å². The predicted octanol–water partition coefficient (Wildman–Crippen LogP) is 1.90. The lowest BCUT2D eigenvalue weighted by molar-refractivity contribution is 0.237. The van der Waals surface area contributed by atoms with Crippen molar-refractivity contribution in [3.05, 3.63) is 29.8 Å². The van der Waals surface area contributed by atoms with Gasteiger partial charge in [0.2, 0.25) is 0 Å². The predicted molar refractivity (Wildman–Crippen MR) is 60.1 cm³/mol. The van der Waals surface area contributed by atoms with Crippen LogP contribution in [0.3, 0.4) is 0 Å². The van der Waals surface area contributed by atoms with Crippen molar-refractivity contribution in [2.75, 3.05) is 26.2 Å². The first kappa shape index (κ1) is 10.1. The van der Waals surface area contributed by atoms with Crippen molar-refractivity contribution in [2.24, 2.45) is 10.3 Å². The van der Waals surface area contributed by atoms with E-state index in [4.69, 9.17) is 0 Å². The number of rotatable bonds is 2. The van der Waals surface area contributed by atoms with Crippen molar-refractivity contribution in [3.8, 4) is 0 Å². The molecule has 0 spiro atoms. The van der Waals surface area contributed by atoms with Gasteiger partial charge in [-0.3, -0.25) is 5.01 Å². The molecule has 4 nitrogen and oxygen atoms in total. The highest BCUT2D eigenvalue weighted by Gasteiger charge is 2.05. The summed E-state index contributed by atoms with van der Waals surface area (Å²) in [5, 5.41) is 13.7. The molecular formula is C11H16N4. The van der Waals surface area contributed by atoms with Gasteiger partial charge in [0.05, 0.1) is 18.8 Å². The molecule has 1 aromatic carbocycles. The Morgan fingerprint density at radius 2 is 1.80 bits per heavy atom.